The van der Waals surface area contributed by atoms with E-state index in [1.165, 1.54) is 6.07 Å². The SMILES string of the molecule is N#CC(=CNc1cc(C(=O)O)ccc1C(=O)O)c1nn[nH]n1. The molecule has 0 fully saturated rings. The molecule has 4 N–H and O–H groups in total. The van der Waals surface area contributed by atoms with Crippen molar-refractivity contribution in [1.29, 1.82) is 5.26 Å². The molecule has 0 aliphatic heterocycles. The lowest BCUT2D eigenvalue weighted by molar-refractivity contribution is 0.0682. The molecule has 2 rings (SSSR count). The zero-order valence-corrected chi connectivity index (χ0v) is 10.8. The zero-order chi connectivity index (χ0) is 16.1. The predicted octanol–water partition coefficient (Wildman–Crippen LogP) is 0.573. The molecule has 0 radical (unpaired) electrons. The molecule has 0 atom stereocenters. The number of carboxylic acids is 2. The van der Waals surface area contributed by atoms with Gasteiger partial charge in [-0.3, -0.25) is 0 Å². The Morgan fingerprint density at radius 3 is 2.64 bits per heavy atom. The molecule has 0 saturated heterocycles. The molecule has 22 heavy (non-hydrogen) atoms. The Labute approximate surface area is 122 Å². The van der Waals surface area contributed by atoms with E-state index in [2.05, 4.69) is 25.9 Å². The van der Waals surface area contributed by atoms with Crippen LogP contribution in [-0.4, -0.2) is 42.8 Å². The number of hydrogen-bond donors (Lipinski definition) is 4. The van der Waals surface area contributed by atoms with E-state index in [1.807, 2.05) is 6.07 Å². The Kier molecular flexibility index (Phi) is 4.09. The van der Waals surface area contributed by atoms with Crippen molar-refractivity contribution in [1.82, 2.24) is 20.6 Å². The highest BCUT2D eigenvalue weighted by Crippen LogP contribution is 2.19. The highest BCUT2D eigenvalue weighted by atomic mass is 16.4. The molecule has 0 spiro atoms. The van der Waals surface area contributed by atoms with Crippen molar-refractivity contribution >= 4 is 23.2 Å². The Bertz CT molecular complexity index is 790. The van der Waals surface area contributed by atoms with Crippen molar-refractivity contribution < 1.29 is 19.8 Å². The lowest BCUT2D eigenvalue weighted by Crippen LogP contribution is -2.06. The lowest BCUT2D eigenvalue weighted by atomic mass is 10.1. The second-order valence-electron chi connectivity index (χ2n) is 3.92. The monoisotopic (exact) mass is 300 g/mol. The van der Waals surface area contributed by atoms with E-state index >= 15 is 0 Å². The van der Waals surface area contributed by atoms with E-state index in [0.717, 1.165) is 18.3 Å². The summed E-state index contributed by atoms with van der Waals surface area (Å²) >= 11 is 0. The molecule has 1 aromatic carbocycles. The van der Waals surface area contributed by atoms with Crippen LogP contribution >= 0.6 is 0 Å². The molecule has 10 nitrogen and oxygen atoms in total. The Hall–Kier alpha value is -3.74. The molecule has 0 aliphatic rings. The number of rotatable bonds is 5. The summed E-state index contributed by atoms with van der Waals surface area (Å²) < 4.78 is 0. The number of aromatic carboxylic acids is 2. The molecule has 1 heterocycles. The van der Waals surface area contributed by atoms with Crippen LogP contribution in [0.25, 0.3) is 5.57 Å². The van der Waals surface area contributed by atoms with Gasteiger partial charge in [-0.05, 0) is 23.4 Å². The quantitative estimate of drug-likeness (QED) is 0.577. The van der Waals surface area contributed by atoms with Gasteiger partial charge in [0.1, 0.15) is 11.6 Å². The molecule has 0 unspecified atom stereocenters. The minimum atomic E-state index is -1.24. The molecule has 0 amide bonds. The van der Waals surface area contributed by atoms with Gasteiger partial charge in [-0.15, -0.1) is 10.2 Å². The normalized spacial score (nSPS) is 10.8. The summed E-state index contributed by atoms with van der Waals surface area (Å²) in [6.07, 6.45) is 1.16. The van der Waals surface area contributed by atoms with Crippen molar-refractivity contribution in [3.8, 4) is 6.07 Å². The van der Waals surface area contributed by atoms with Crippen LogP contribution in [0, 0.1) is 11.3 Å². The van der Waals surface area contributed by atoms with Gasteiger partial charge in [-0.1, -0.05) is 0 Å². The van der Waals surface area contributed by atoms with Gasteiger partial charge in [0, 0.05) is 6.20 Å². The van der Waals surface area contributed by atoms with Crippen molar-refractivity contribution in [2.45, 2.75) is 0 Å². The first-order valence-electron chi connectivity index (χ1n) is 5.74. The van der Waals surface area contributed by atoms with Crippen LogP contribution in [0.3, 0.4) is 0 Å². The van der Waals surface area contributed by atoms with E-state index in [0.29, 0.717) is 0 Å². The van der Waals surface area contributed by atoms with Crippen molar-refractivity contribution in [3.63, 3.8) is 0 Å². The van der Waals surface area contributed by atoms with Crippen LogP contribution in [0.4, 0.5) is 5.69 Å². The number of H-pyrrole nitrogens is 1. The molecule has 0 aliphatic carbocycles. The second-order valence-corrected chi connectivity index (χ2v) is 3.92. The second kappa shape index (κ2) is 6.14. The number of hydrogen-bond acceptors (Lipinski definition) is 7. The van der Waals surface area contributed by atoms with Crippen LogP contribution in [0.2, 0.25) is 0 Å². The fourth-order valence-electron chi connectivity index (χ4n) is 1.56. The van der Waals surface area contributed by atoms with E-state index in [1.54, 1.807) is 0 Å². The van der Waals surface area contributed by atoms with Crippen LogP contribution < -0.4 is 5.32 Å². The number of carboxylic acid groups (broad SMARTS) is 2. The third kappa shape index (κ3) is 3.05. The summed E-state index contributed by atoms with van der Waals surface area (Å²) in [5.41, 5.74) is -0.236. The summed E-state index contributed by atoms with van der Waals surface area (Å²) in [4.78, 5) is 22.1. The Balaban J connectivity index is 2.39. The highest BCUT2D eigenvalue weighted by Gasteiger charge is 2.13. The van der Waals surface area contributed by atoms with E-state index < -0.39 is 11.9 Å². The maximum absolute atomic E-state index is 11.1. The van der Waals surface area contributed by atoms with Gasteiger partial charge in [0.2, 0.25) is 5.82 Å². The van der Waals surface area contributed by atoms with Crippen molar-refractivity contribution in [3.05, 3.63) is 41.4 Å². The van der Waals surface area contributed by atoms with Gasteiger partial charge in [0.15, 0.2) is 0 Å². The fraction of sp³-hybridized carbons (Fsp3) is 0. The highest BCUT2D eigenvalue weighted by molar-refractivity contribution is 5.98. The number of tetrazole rings is 1. The number of aromatic amines is 1. The molecule has 10 heteroatoms. The number of nitriles is 1. The minimum Gasteiger partial charge on any atom is -0.478 e. The average molecular weight is 300 g/mol. The summed E-state index contributed by atoms with van der Waals surface area (Å²) in [6.45, 7) is 0. The third-order valence-electron chi connectivity index (χ3n) is 2.58. The van der Waals surface area contributed by atoms with Gasteiger partial charge in [0.25, 0.3) is 0 Å². The topological polar surface area (TPSA) is 165 Å². The molecule has 1 aromatic heterocycles. The predicted molar refractivity (Wildman–Crippen MR) is 71.8 cm³/mol. The number of nitrogens with one attached hydrogen (secondary N) is 2. The summed E-state index contributed by atoms with van der Waals surface area (Å²) in [5, 5.41) is 42.3. The minimum absolute atomic E-state index is 0.00850. The summed E-state index contributed by atoms with van der Waals surface area (Å²) in [7, 11) is 0. The number of anilines is 1. The Morgan fingerprint density at radius 2 is 2.09 bits per heavy atom. The standard InChI is InChI=1S/C12H8N6O4/c13-4-7(10-15-17-18-16-10)5-14-9-3-6(11(19)20)1-2-8(9)12(21)22/h1-3,5,14H,(H,19,20)(H,21,22)(H,15,16,17,18). The summed E-state index contributed by atoms with van der Waals surface area (Å²) in [5.74, 6) is -2.44. The van der Waals surface area contributed by atoms with Crippen molar-refractivity contribution in [2.75, 3.05) is 5.32 Å². The molecule has 110 valence electrons. The van der Waals surface area contributed by atoms with Crippen LogP contribution in [0.5, 0.6) is 0 Å². The maximum Gasteiger partial charge on any atom is 0.337 e. The Morgan fingerprint density at radius 1 is 1.32 bits per heavy atom. The van der Waals surface area contributed by atoms with Gasteiger partial charge in [-0.25, -0.2) is 9.59 Å². The first-order chi connectivity index (χ1) is 10.5. The first kappa shape index (κ1) is 14.7. The van der Waals surface area contributed by atoms with Crippen molar-refractivity contribution in [2.24, 2.45) is 0 Å². The lowest BCUT2D eigenvalue weighted by Gasteiger charge is -2.07. The number of carbonyl (C=O) groups is 2. The van der Waals surface area contributed by atoms with E-state index in [-0.39, 0.29) is 28.2 Å². The van der Waals surface area contributed by atoms with Crippen LogP contribution in [-0.2, 0) is 0 Å². The third-order valence-corrected chi connectivity index (χ3v) is 2.58. The number of aromatic nitrogens is 4. The molecule has 0 bridgehead atoms. The van der Waals surface area contributed by atoms with Gasteiger partial charge >= 0.3 is 11.9 Å². The van der Waals surface area contributed by atoms with Gasteiger partial charge in [0.05, 0.1) is 16.8 Å². The number of allylic oxidation sites excluding steroid dienone is 1. The van der Waals surface area contributed by atoms with Crippen LogP contribution in [0.1, 0.15) is 26.5 Å². The zero-order valence-electron chi connectivity index (χ0n) is 10.8. The maximum atomic E-state index is 11.1. The fourth-order valence-corrected chi connectivity index (χ4v) is 1.56. The number of benzene rings is 1. The largest absolute Gasteiger partial charge is 0.478 e. The molecular weight excluding hydrogens is 292 g/mol. The smallest absolute Gasteiger partial charge is 0.337 e. The molecule has 0 saturated carbocycles. The van der Waals surface area contributed by atoms with Gasteiger partial charge in [-0.2, -0.15) is 10.5 Å². The first-order valence-corrected chi connectivity index (χ1v) is 5.74. The van der Waals surface area contributed by atoms with Gasteiger partial charge < -0.3 is 15.5 Å². The van der Waals surface area contributed by atoms with Crippen LogP contribution in [0.15, 0.2) is 24.4 Å². The molecule has 2 aromatic rings. The van der Waals surface area contributed by atoms with E-state index in [9.17, 15) is 9.59 Å². The average Bonchev–Trinajstić information content (AvgIpc) is 3.01. The van der Waals surface area contributed by atoms with E-state index in [4.69, 9.17) is 15.5 Å². The summed E-state index contributed by atoms with van der Waals surface area (Å²) in [6, 6.07) is 5.28. The molecular formula is C12H8N6O4. The number of nitrogens with zero attached hydrogens (tertiary/aromatic N) is 4.